The lowest BCUT2D eigenvalue weighted by molar-refractivity contribution is 0.275. The highest BCUT2D eigenvalue weighted by atomic mass is 31.2. The lowest BCUT2D eigenvalue weighted by atomic mass is 10.5. The van der Waals surface area contributed by atoms with Crippen LogP contribution in [0.4, 0.5) is 0 Å². The van der Waals surface area contributed by atoms with Crippen LogP contribution in [-0.2, 0) is 4.57 Å². The second kappa shape index (κ2) is 7.64. The van der Waals surface area contributed by atoms with E-state index in [0.717, 1.165) is 13.1 Å². The first-order valence-electron chi connectivity index (χ1n) is 3.95. The molecule has 0 heterocycles. The Kier molecular flexibility index (Phi) is 8.57. The van der Waals surface area contributed by atoms with Gasteiger partial charge in [-0.2, -0.15) is 0 Å². The summed E-state index contributed by atoms with van der Waals surface area (Å²) in [6.07, 6.45) is 1.75. The van der Waals surface area contributed by atoms with E-state index in [0.29, 0.717) is 5.82 Å². The maximum atomic E-state index is 8.88. The molecule has 0 aromatic rings. The molecule has 7 N–H and O–H groups in total. The Hall–Kier alpha value is -0.750. The van der Waals surface area contributed by atoms with Gasteiger partial charge in [0.1, 0.15) is 5.82 Å². The molecule has 0 radical (unpaired) electrons. The van der Waals surface area contributed by atoms with Crippen molar-refractivity contribution in [2.75, 3.05) is 13.1 Å². The molecule has 7 nitrogen and oxygen atoms in total. The van der Waals surface area contributed by atoms with Gasteiger partial charge >= 0.3 is 7.82 Å². The molecule has 0 saturated carbocycles. The Morgan fingerprint density at radius 3 is 1.64 bits per heavy atom. The van der Waals surface area contributed by atoms with Gasteiger partial charge in [0.2, 0.25) is 0 Å². The van der Waals surface area contributed by atoms with Crippen LogP contribution in [0.1, 0.15) is 13.8 Å². The molecule has 8 heteroatoms. The van der Waals surface area contributed by atoms with Crippen molar-refractivity contribution in [3.63, 3.8) is 0 Å². The minimum absolute atomic E-state index is 0.374. The molecule has 0 unspecified atom stereocenters. The standard InChI is InChI=1S/C6H15N3.H3O4P/c1-3-9(4-2)5-6(7)8;1-5(2,3)4/h5H,3-4,7-8H2,1-2H3;(H3,1,2,3,4). The van der Waals surface area contributed by atoms with Gasteiger partial charge < -0.3 is 31.0 Å². The molecule has 0 atom stereocenters. The number of hydrogen-bond donors (Lipinski definition) is 5. The van der Waals surface area contributed by atoms with Crippen LogP contribution in [0, 0.1) is 0 Å². The monoisotopic (exact) mass is 227 g/mol. The van der Waals surface area contributed by atoms with E-state index in [2.05, 4.69) is 13.8 Å². The molecule has 0 bridgehead atoms. The molecular formula is C6H18N3O4P. The highest BCUT2D eigenvalue weighted by Crippen LogP contribution is 2.25. The van der Waals surface area contributed by atoms with Crippen molar-refractivity contribution in [3.05, 3.63) is 12.0 Å². The van der Waals surface area contributed by atoms with Crippen LogP contribution in [0.25, 0.3) is 0 Å². The van der Waals surface area contributed by atoms with Gasteiger partial charge in [-0.15, -0.1) is 0 Å². The van der Waals surface area contributed by atoms with Crippen molar-refractivity contribution in [1.82, 2.24) is 4.90 Å². The molecule has 0 amide bonds. The maximum Gasteiger partial charge on any atom is 0.466 e. The van der Waals surface area contributed by atoms with Crippen molar-refractivity contribution in [2.45, 2.75) is 13.8 Å². The van der Waals surface area contributed by atoms with Crippen molar-refractivity contribution < 1.29 is 19.2 Å². The molecule has 0 rings (SSSR count). The van der Waals surface area contributed by atoms with E-state index in [1.54, 1.807) is 6.20 Å². The molecule has 0 aliphatic heterocycles. The molecule has 0 aromatic heterocycles. The Labute approximate surface area is 83.3 Å². The summed E-state index contributed by atoms with van der Waals surface area (Å²) < 4.78 is 8.88. The minimum Gasteiger partial charge on any atom is -0.384 e. The van der Waals surface area contributed by atoms with Gasteiger partial charge in [0.25, 0.3) is 0 Å². The van der Waals surface area contributed by atoms with Crippen molar-refractivity contribution in [1.29, 1.82) is 0 Å². The summed E-state index contributed by atoms with van der Waals surface area (Å²) in [5.74, 6) is 0.374. The van der Waals surface area contributed by atoms with Crippen LogP contribution in [0.5, 0.6) is 0 Å². The van der Waals surface area contributed by atoms with Gasteiger partial charge in [0.05, 0.1) is 0 Å². The van der Waals surface area contributed by atoms with E-state index in [1.165, 1.54) is 0 Å². The van der Waals surface area contributed by atoms with E-state index in [1.807, 2.05) is 4.90 Å². The third-order valence-electron chi connectivity index (χ3n) is 1.14. The van der Waals surface area contributed by atoms with Crippen LogP contribution in [0.3, 0.4) is 0 Å². The van der Waals surface area contributed by atoms with Crippen LogP contribution in [0.15, 0.2) is 12.0 Å². The average Bonchev–Trinajstić information content (AvgIpc) is 1.96. The highest BCUT2D eigenvalue weighted by Gasteiger charge is 2.00. The zero-order valence-electron chi connectivity index (χ0n) is 8.29. The van der Waals surface area contributed by atoms with Crippen LogP contribution in [-0.4, -0.2) is 32.7 Å². The van der Waals surface area contributed by atoms with E-state index in [-0.39, 0.29) is 0 Å². The fourth-order valence-electron chi connectivity index (χ4n) is 0.617. The summed E-state index contributed by atoms with van der Waals surface area (Å²) >= 11 is 0. The van der Waals surface area contributed by atoms with Gasteiger partial charge in [0, 0.05) is 19.3 Å². The van der Waals surface area contributed by atoms with E-state index in [4.69, 9.17) is 30.7 Å². The summed E-state index contributed by atoms with van der Waals surface area (Å²) in [5.41, 5.74) is 10.5. The Bertz CT molecular complexity index is 199. The fraction of sp³-hybridized carbons (Fsp3) is 0.667. The van der Waals surface area contributed by atoms with E-state index >= 15 is 0 Å². The first kappa shape index (κ1) is 15.7. The second-order valence-corrected chi connectivity index (χ2v) is 3.39. The summed E-state index contributed by atoms with van der Waals surface area (Å²) in [7, 11) is -4.64. The third-order valence-corrected chi connectivity index (χ3v) is 1.14. The van der Waals surface area contributed by atoms with Crippen LogP contribution in [0.2, 0.25) is 0 Å². The third kappa shape index (κ3) is 22.5. The summed E-state index contributed by atoms with van der Waals surface area (Å²) in [6.45, 7) is 6.02. The van der Waals surface area contributed by atoms with Gasteiger partial charge in [0.15, 0.2) is 0 Å². The molecule has 0 spiro atoms. The predicted molar refractivity (Wildman–Crippen MR) is 53.6 cm³/mol. The molecule has 0 aromatic carbocycles. The number of hydrogen-bond acceptors (Lipinski definition) is 4. The quantitative estimate of drug-likeness (QED) is 0.395. The zero-order chi connectivity index (χ0) is 11.8. The van der Waals surface area contributed by atoms with Crippen LogP contribution >= 0.6 is 7.82 Å². The van der Waals surface area contributed by atoms with Crippen LogP contribution < -0.4 is 11.5 Å². The Morgan fingerprint density at radius 2 is 1.57 bits per heavy atom. The minimum atomic E-state index is -4.64. The summed E-state index contributed by atoms with van der Waals surface area (Å²) in [6, 6.07) is 0. The van der Waals surface area contributed by atoms with E-state index < -0.39 is 7.82 Å². The van der Waals surface area contributed by atoms with E-state index in [9.17, 15) is 0 Å². The van der Waals surface area contributed by atoms with Gasteiger partial charge in [-0.05, 0) is 13.8 Å². The predicted octanol–water partition coefficient (Wildman–Crippen LogP) is -0.884. The molecule has 14 heavy (non-hydrogen) atoms. The topological polar surface area (TPSA) is 133 Å². The molecule has 0 fully saturated rings. The summed E-state index contributed by atoms with van der Waals surface area (Å²) in [5, 5.41) is 0. The van der Waals surface area contributed by atoms with Gasteiger partial charge in [-0.3, -0.25) is 0 Å². The number of nitrogens with two attached hydrogens (primary N) is 2. The van der Waals surface area contributed by atoms with Crippen molar-refractivity contribution in [2.24, 2.45) is 11.5 Å². The normalized spacial score (nSPS) is 9.79. The van der Waals surface area contributed by atoms with Crippen molar-refractivity contribution in [3.8, 4) is 0 Å². The number of phosphoric acid groups is 1. The van der Waals surface area contributed by atoms with Gasteiger partial charge in [-0.1, -0.05) is 0 Å². The second-order valence-electron chi connectivity index (χ2n) is 2.36. The Balaban J connectivity index is 0. The smallest absolute Gasteiger partial charge is 0.384 e. The SMILES string of the molecule is CCN(C=C(N)N)CC.O=P(O)(O)O. The summed E-state index contributed by atoms with van der Waals surface area (Å²) in [4.78, 5) is 23.6. The molecule has 0 aliphatic carbocycles. The molecule has 0 saturated heterocycles. The number of nitrogens with zero attached hydrogens (tertiary/aromatic N) is 1. The lowest BCUT2D eigenvalue weighted by Crippen LogP contribution is -2.20. The fourth-order valence-corrected chi connectivity index (χ4v) is 0.617. The molecule has 86 valence electrons. The zero-order valence-corrected chi connectivity index (χ0v) is 9.19. The highest BCUT2D eigenvalue weighted by molar-refractivity contribution is 7.45. The van der Waals surface area contributed by atoms with Gasteiger partial charge in [-0.25, -0.2) is 4.57 Å². The average molecular weight is 227 g/mol. The number of rotatable bonds is 3. The molecule has 0 aliphatic rings. The Morgan fingerprint density at radius 1 is 1.29 bits per heavy atom. The first-order chi connectivity index (χ1) is 6.20. The largest absolute Gasteiger partial charge is 0.466 e. The first-order valence-corrected chi connectivity index (χ1v) is 5.52. The van der Waals surface area contributed by atoms with Crippen molar-refractivity contribution >= 4 is 7.82 Å². The molecular weight excluding hydrogens is 209 g/mol. The lowest BCUT2D eigenvalue weighted by Gasteiger charge is -2.14. The maximum absolute atomic E-state index is 8.88.